The van der Waals surface area contributed by atoms with E-state index in [-0.39, 0.29) is 11.2 Å². The van der Waals surface area contributed by atoms with Gasteiger partial charge < -0.3 is 11.1 Å². The number of nitrogens with one attached hydrogen (secondary N) is 1. The van der Waals surface area contributed by atoms with Crippen molar-refractivity contribution < 1.29 is 4.79 Å². The van der Waals surface area contributed by atoms with Crippen LogP contribution in [0.2, 0.25) is 0 Å². The van der Waals surface area contributed by atoms with Gasteiger partial charge in [-0.15, -0.1) is 10.2 Å². The van der Waals surface area contributed by atoms with Crippen molar-refractivity contribution in [1.29, 1.82) is 0 Å². The number of benzene rings is 1. The third-order valence-electron chi connectivity index (χ3n) is 3.18. The standard InChI is InChI=1S/C14H18N4OS2/c1-4-11(12(15)19)20-14-18-17-13(21-14)16-10-7-5-6-8(2)9(10)3/h5-7,11H,4H2,1-3H3,(H2,15,19)(H,16,17). The second kappa shape index (κ2) is 6.91. The molecule has 0 saturated carbocycles. The summed E-state index contributed by atoms with van der Waals surface area (Å²) in [6, 6.07) is 6.08. The third kappa shape index (κ3) is 3.95. The van der Waals surface area contributed by atoms with Gasteiger partial charge >= 0.3 is 0 Å². The van der Waals surface area contributed by atoms with Crippen LogP contribution in [0, 0.1) is 13.8 Å². The molecule has 3 N–H and O–H groups in total. The molecule has 0 bridgehead atoms. The van der Waals surface area contributed by atoms with Crippen molar-refractivity contribution in [1.82, 2.24) is 10.2 Å². The summed E-state index contributed by atoms with van der Waals surface area (Å²) in [4.78, 5) is 11.3. The van der Waals surface area contributed by atoms with E-state index in [1.54, 1.807) is 0 Å². The molecule has 0 aliphatic heterocycles. The van der Waals surface area contributed by atoms with Gasteiger partial charge in [-0.2, -0.15) is 0 Å². The van der Waals surface area contributed by atoms with E-state index in [9.17, 15) is 4.79 Å². The lowest BCUT2D eigenvalue weighted by atomic mass is 10.1. The SMILES string of the molecule is CCC(Sc1nnc(Nc2cccc(C)c2C)s1)C(N)=O. The number of carbonyl (C=O) groups is 1. The molecule has 2 aromatic rings. The van der Waals surface area contributed by atoms with Crippen LogP contribution in [0.25, 0.3) is 0 Å². The van der Waals surface area contributed by atoms with Crippen LogP contribution in [0.4, 0.5) is 10.8 Å². The maximum absolute atomic E-state index is 11.3. The summed E-state index contributed by atoms with van der Waals surface area (Å²) in [6.45, 7) is 6.06. The Morgan fingerprint density at radius 1 is 1.43 bits per heavy atom. The average molecular weight is 322 g/mol. The van der Waals surface area contributed by atoms with Gasteiger partial charge in [0.15, 0.2) is 4.34 Å². The highest BCUT2D eigenvalue weighted by Crippen LogP contribution is 2.32. The molecular formula is C14H18N4OS2. The zero-order chi connectivity index (χ0) is 15.4. The van der Waals surface area contributed by atoms with Gasteiger partial charge in [0, 0.05) is 5.69 Å². The number of nitrogens with zero attached hydrogens (tertiary/aromatic N) is 2. The number of nitrogens with two attached hydrogens (primary N) is 1. The Bertz CT molecular complexity index is 642. The van der Waals surface area contributed by atoms with Crippen molar-refractivity contribution in [2.75, 3.05) is 5.32 Å². The van der Waals surface area contributed by atoms with Crippen molar-refractivity contribution in [3.05, 3.63) is 29.3 Å². The smallest absolute Gasteiger partial charge is 0.230 e. The minimum absolute atomic E-state index is 0.258. The normalized spacial score (nSPS) is 12.1. The van der Waals surface area contributed by atoms with Crippen molar-refractivity contribution in [3.63, 3.8) is 0 Å². The largest absolute Gasteiger partial charge is 0.369 e. The summed E-state index contributed by atoms with van der Waals surface area (Å²) >= 11 is 2.79. The Labute approximate surface area is 132 Å². The minimum atomic E-state index is -0.318. The summed E-state index contributed by atoms with van der Waals surface area (Å²) in [5, 5.41) is 11.9. The van der Waals surface area contributed by atoms with Crippen molar-refractivity contribution in [2.24, 2.45) is 5.73 Å². The highest BCUT2D eigenvalue weighted by molar-refractivity contribution is 8.02. The number of hydrogen-bond donors (Lipinski definition) is 2. The first kappa shape index (κ1) is 15.8. The summed E-state index contributed by atoms with van der Waals surface area (Å²) in [6.07, 6.45) is 0.680. The molecule has 1 aromatic heterocycles. The van der Waals surface area contributed by atoms with Gasteiger partial charge in [0.1, 0.15) is 0 Å². The van der Waals surface area contributed by atoms with Crippen LogP contribution in [0.15, 0.2) is 22.5 Å². The quantitative estimate of drug-likeness (QED) is 0.798. The van der Waals surface area contributed by atoms with Gasteiger partial charge in [-0.1, -0.05) is 42.2 Å². The molecular weight excluding hydrogens is 304 g/mol. The number of amides is 1. The van der Waals surface area contributed by atoms with E-state index < -0.39 is 0 Å². The molecule has 0 spiro atoms. The van der Waals surface area contributed by atoms with E-state index in [1.165, 1.54) is 34.2 Å². The number of aryl methyl sites for hydroxylation is 1. The zero-order valence-electron chi connectivity index (χ0n) is 12.2. The number of carbonyl (C=O) groups excluding carboxylic acids is 1. The van der Waals surface area contributed by atoms with Crippen LogP contribution in [0.5, 0.6) is 0 Å². The van der Waals surface area contributed by atoms with Crippen LogP contribution in [-0.4, -0.2) is 21.4 Å². The van der Waals surface area contributed by atoms with Crippen molar-refractivity contribution >= 4 is 39.8 Å². The predicted octanol–water partition coefficient (Wildman–Crippen LogP) is 3.25. The molecule has 0 saturated heterocycles. The fraction of sp³-hybridized carbons (Fsp3) is 0.357. The van der Waals surface area contributed by atoms with Gasteiger partial charge in [0.25, 0.3) is 0 Å². The fourth-order valence-electron chi connectivity index (χ4n) is 1.77. The van der Waals surface area contributed by atoms with Crippen LogP contribution < -0.4 is 11.1 Å². The molecule has 0 fully saturated rings. The number of anilines is 2. The van der Waals surface area contributed by atoms with Crippen molar-refractivity contribution in [2.45, 2.75) is 36.8 Å². The number of aromatic nitrogens is 2. The van der Waals surface area contributed by atoms with E-state index in [2.05, 4.69) is 35.4 Å². The minimum Gasteiger partial charge on any atom is -0.369 e. The fourth-order valence-corrected chi connectivity index (χ4v) is 3.66. The number of thioether (sulfide) groups is 1. The molecule has 1 aromatic carbocycles. The first-order valence-corrected chi connectivity index (χ1v) is 8.33. The van der Waals surface area contributed by atoms with Gasteiger partial charge in [-0.25, -0.2) is 0 Å². The molecule has 0 aliphatic carbocycles. The maximum Gasteiger partial charge on any atom is 0.230 e. The molecule has 0 aliphatic rings. The summed E-state index contributed by atoms with van der Waals surface area (Å²) < 4.78 is 0.744. The second-order valence-electron chi connectivity index (χ2n) is 4.66. The molecule has 112 valence electrons. The first-order chi connectivity index (χ1) is 10.0. The molecule has 1 unspecified atom stereocenters. The maximum atomic E-state index is 11.3. The lowest BCUT2D eigenvalue weighted by molar-refractivity contribution is -0.117. The summed E-state index contributed by atoms with van der Waals surface area (Å²) in [7, 11) is 0. The first-order valence-electron chi connectivity index (χ1n) is 6.64. The molecule has 1 amide bonds. The molecule has 21 heavy (non-hydrogen) atoms. The Balaban J connectivity index is 2.10. The molecule has 5 nitrogen and oxygen atoms in total. The number of rotatable bonds is 6. The zero-order valence-corrected chi connectivity index (χ0v) is 13.8. The summed E-state index contributed by atoms with van der Waals surface area (Å²) in [5.41, 5.74) is 8.77. The third-order valence-corrected chi connectivity index (χ3v) is 5.49. The van der Waals surface area contributed by atoms with Gasteiger partial charge in [0.2, 0.25) is 11.0 Å². The highest BCUT2D eigenvalue weighted by Gasteiger charge is 2.17. The molecule has 7 heteroatoms. The Kier molecular flexibility index (Phi) is 5.19. The molecule has 1 heterocycles. The summed E-state index contributed by atoms with van der Waals surface area (Å²) in [5.74, 6) is -0.318. The Morgan fingerprint density at radius 3 is 2.86 bits per heavy atom. The van der Waals surface area contributed by atoms with E-state index in [1.807, 2.05) is 19.1 Å². The molecule has 1 atom stereocenters. The van der Waals surface area contributed by atoms with Crippen LogP contribution in [0.1, 0.15) is 24.5 Å². The van der Waals surface area contributed by atoms with Crippen LogP contribution >= 0.6 is 23.1 Å². The van der Waals surface area contributed by atoms with E-state index in [4.69, 9.17) is 5.73 Å². The predicted molar refractivity (Wildman–Crippen MR) is 88.2 cm³/mol. The number of primary amides is 1. The van der Waals surface area contributed by atoms with Gasteiger partial charge in [-0.05, 0) is 37.5 Å². The van der Waals surface area contributed by atoms with E-state index in [0.717, 1.165) is 10.0 Å². The highest BCUT2D eigenvalue weighted by atomic mass is 32.2. The van der Waals surface area contributed by atoms with Gasteiger partial charge in [-0.3, -0.25) is 4.79 Å². The topological polar surface area (TPSA) is 80.9 Å². The van der Waals surface area contributed by atoms with Crippen molar-refractivity contribution in [3.8, 4) is 0 Å². The molecule has 0 radical (unpaired) electrons. The monoisotopic (exact) mass is 322 g/mol. The van der Waals surface area contributed by atoms with Crippen LogP contribution in [0.3, 0.4) is 0 Å². The lowest BCUT2D eigenvalue weighted by Crippen LogP contribution is -2.24. The van der Waals surface area contributed by atoms with E-state index in [0.29, 0.717) is 11.6 Å². The van der Waals surface area contributed by atoms with Crippen LogP contribution in [-0.2, 0) is 4.79 Å². The molecule has 2 rings (SSSR count). The Morgan fingerprint density at radius 2 is 2.19 bits per heavy atom. The number of hydrogen-bond acceptors (Lipinski definition) is 6. The average Bonchev–Trinajstić information content (AvgIpc) is 2.88. The Hall–Kier alpha value is -1.60. The van der Waals surface area contributed by atoms with E-state index >= 15 is 0 Å². The second-order valence-corrected chi connectivity index (χ2v) is 7.09. The lowest BCUT2D eigenvalue weighted by Gasteiger charge is -2.08. The van der Waals surface area contributed by atoms with Gasteiger partial charge in [0.05, 0.1) is 5.25 Å².